The van der Waals surface area contributed by atoms with E-state index in [2.05, 4.69) is 0 Å². The number of rotatable bonds is 28. The highest BCUT2D eigenvalue weighted by atomic mass is 32.2. The second-order valence-electron chi connectivity index (χ2n) is 18.1. The molecule has 0 saturated carbocycles. The molecule has 0 radical (unpaired) electrons. The van der Waals surface area contributed by atoms with Gasteiger partial charge in [0.15, 0.2) is 0 Å². The van der Waals surface area contributed by atoms with Crippen LogP contribution in [-0.2, 0) is 52.6 Å². The molecule has 0 aliphatic carbocycles. The average molecular weight is 919 g/mol. The van der Waals surface area contributed by atoms with E-state index in [1.54, 1.807) is 69.2 Å². The van der Waals surface area contributed by atoms with Gasteiger partial charge in [-0.25, -0.2) is 0 Å². The Kier molecular flexibility index (Phi) is 39.4. The molecule has 4 atom stereocenters. The first kappa shape index (κ1) is 65.9. The third kappa shape index (κ3) is 38.5. The summed E-state index contributed by atoms with van der Waals surface area (Å²) in [6.45, 7) is 28.9. The SMILES string of the molecule is CC(C)C(=O)CCCCCC(C(=O)[O-])C(C)C.CC(C)C(=O)OCC(C(=O)[O-])C(C)C.CC(C)OC(=O)CCC(C(=O)[O-])C(C)C.CC(C)OC(=O)CCSCC(C(=O)[O-])C(C)C. The zero-order valence-corrected chi connectivity index (χ0v) is 42.1. The molecule has 0 aromatic heterocycles. The Bertz CT molecular complexity index is 1320. The second-order valence-corrected chi connectivity index (χ2v) is 19.3. The first-order chi connectivity index (χ1) is 28.9. The summed E-state index contributed by atoms with van der Waals surface area (Å²) in [5, 5.41) is 43.0. The predicted molar refractivity (Wildman–Crippen MR) is 236 cm³/mol. The third-order valence-electron chi connectivity index (χ3n) is 9.53. The molecule has 0 spiro atoms. The van der Waals surface area contributed by atoms with Gasteiger partial charge in [0.05, 0.1) is 31.2 Å². The summed E-state index contributed by atoms with van der Waals surface area (Å²) >= 11 is 1.45. The highest BCUT2D eigenvalue weighted by Crippen LogP contribution is 2.20. The molecule has 370 valence electrons. The van der Waals surface area contributed by atoms with Crippen LogP contribution in [0.15, 0.2) is 0 Å². The van der Waals surface area contributed by atoms with Crippen LogP contribution in [0.5, 0.6) is 0 Å². The Morgan fingerprint density at radius 2 is 0.841 bits per heavy atom. The van der Waals surface area contributed by atoms with Crippen LogP contribution in [0.2, 0.25) is 0 Å². The Morgan fingerprint density at radius 1 is 0.444 bits per heavy atom. The van der Waals surface area contributed by atoms with E-state index in [0.717, 1.165) is 19.3 Å². The number of unbranched alkanes of at least 4 members (excludes halogenated alkanes) is 2. The summed E-state index contributed by atoms with van der Waals surface area (Å²) in [6.07, 6.45) is 4.43. The highest BCUT2D eigenvalue weighted by Gasteiger charge is 2.20. The number of esters is 3. The first-order valence-corrected chi connectivity index (χ1v) is 23.6. The molecule has 0 aromatic carbocycles. The normalized spacial score (nSPS) is 13.0. The van der Waals surface area contributed by atoms with Crippen LogP contribution in [0.3, 0.4) is 0 Å². The molecule has 0 fully saturated rings. The molecule has 0 rings (SSSR count). The van der Waals surface area contributed by atoms with Gasteiger partial charge >= 0.3 is 17.9 Å². The summed E-state index contributed by atoms with van der Waals surface area (Å²) < 4.78 is 14.7. The molecular weight excluding hydrogens is 837 g/mol. The molecule has 0 heterocycles. The molecule has 15 nitrogen and oxygen atoms in total. The van der Waals surface area contributed by atoms with Gasteiger partial charge in [-0.15, -0.1) is 0 Å². The molecule has 16 heteroatoms. The number of ether oxygens (including phenoxy) is 3. The molecule has 0 N–H and O–H groups in total. The number of carbonyl (C=O) groups is 8. The minimum Gasteiger partial charge on any atom is -0.550 e. The van der Waals surface area contributed by atoms with Gasteiger partial charge < -0.3 is 53.8 Å². The molecule has 4 unspecified atom stereocenters. The summed E-state index contributed by atoms with van der Waals surface area (Å²) in [5.41, 5.74) is 0. The number of hydrogen-bond acceptors (Lipinski definition) is 16. The van der Waals surface area contributed by atoms with E-state index in [9.17, 15) is 58.8 Å². The smallest absolute Gasteiger partial charge is 0.308 e. The van der Waals surface area contributed by atoms with Crippen LogP contribution < -0.4 is 20.4 Å². The molecule has 0 amide bonds. The Morgan fingerprint density at radius 3 is 1.19 bits per heavy atom. The van der Waals surface area contributed by atoms with Crippen LogP contribution in [-0.4, -0.2) is 77.9 Å². The predicted octanol–water partition coefficient (Wildman–Crippen LogP) is 4.22. The second kappa shape index (κ2) is 37.7. The van der Waals surface area contributed by atoms with Crippen LogP contribution in [0.1, 0.15) is 162 Å². The number of carboxylic acids is 4. The third-order valence-corrected chi connectivity index (χ3v) is 10.6. The van der Waals surface area contributed by atoms with Crippen LogP contribution in [0.25, 0.3) is 0 Å². The molecule has 0 aliphatic rings. The van der Waals surface area contributed by atoms with Crippen molar-refractivity contribution in [1.82, 2.24) is 0 Å². The zero-order valence-electron chi connectivity index (χ0n) is 41.2. The van der Waals surface area contributed by atoms with Gasteiger partial charge in [-0.3, -0.25) is 19.2 Å². The first-order valence-electron chi connectivity index (χ1n) is 22.4. The summed E-state index contributed by atoms with van der Waals surface area (Å²) in [6, 6.07) is 0. The van der Waals surface area contributed by atoms with Crippen molar-refractivity contribution < 1.29 is 73.0 Å². The van der Waals surface area contributed by atoms with Crippen LogP contribution >= 0.6 is 11.8 Å². The standard InChI is InChI=1S/C14H26O3.C12H22O4S.C11H20O4.C10H18O4/c1-10(2)12(14(16)17)8-6-5-7-9-13(15)11(3)4;1-8(2)10(12(14)15)7-17-6-5-11(13)16-9(3)4;1-7(2)9(11(13)14)5-6-10(12)15-8(3)4;1-6(2)8(9(11)12)5-14-10(13)7(3)4/h10-12H,5-9H2,1-4H3,(H,16,17);8-10H,5-7H2,1-4H3,(H,14,15);7-9H,5-6H2,1-4H3,(H,13,14);6-8H,5H2,1-4H3,(H,11,12)/p-4. The van der Waals surface area contributed by atoms with Gasteiger partial charge in [-0.2, -0.15) is 11.8 Å². The number of carbonyl (C=O) groups excluding carboxylic acids is 8. The van der Waals surface area contributed by atoms with Gasteiger partial charge in [0.1, 0.15) is 5.78 Å². The molecule has 0 saturated heterocycles. The largest absolute Gasteiger partial charge is 0.550 e. The molecule has 0 bridgehead atoms. The fourth-order valence-electron chi connectivity index (χ4n) is 5.26. The fourth-order valence-corrected chi connectivity index (χ4v) is 6.51. The highest BCUT2D eigenvalue weighted by molar-refractivity contribution is 7.99. The fraction of sp³-hybridized carbons (Fsp3) is 0.830. The van der Waals surface area contributed by atoms with Gasteiger partial charge in [-0.05, 0) is 70.6 Å². The number of thioether (sulfide) groups is 1. The Hall–Kier alpha value is -3.69. The van der Waals surface area contributed by atoms with E-state index >= 15 is 0 Å². The van der Waals surface area contributed by atoms with Gasteiger partial charge in [0, 0.05) is 77.8 Å². The molecule has 0 aromatic rings. The number of ketones is 1. The van der Waals surface area contributed by atoms with Crippen molar-refractivity contribution in [3.05, 3.63) is 0 Å². The maximum Gasteiger partial charge on any atom is 0.308 e. The van der Waals surface area contributed by atoms with E-state index in [4.69, 9.17) is 14.2 Å². The van der Waals surface area contributed by atoms with Crippen molar-refractivity contribution in [2.24, 2.45) is 59.2 Å². The van der Waals surface area contributed by atoms with Crippen molar-refractivity contribution in [3.63, 3.8) is 0 Å². The topological polar surface area (TPSA) is 256 Å². The maximum atomic E-state index is 11.4. The van der Waals surface area contributed by atoms with E-state index in [0.29, 0.717) is 36.6 Å². The van der Waals surface area contributed by atoms with Crippen molar-refractivity contribution in [2.75, 3.05) is 18.1 Å². The Labute approximate surface area is 382 Å². The summed E-state index contributed by atoms with van der Waals surface area (Å²) in [4.78, 5) is 87.7. The average Bonchev–Trinajstić information content (AvgIpc) is 3.11. The van der Waals surface area contributed by atoms with Crippen molar-refractivity contribution in [1.29, 1.82) is 0 Å². The summed E-state index contributed by atoms with van der Waals surface area (Å²) in [5.74, 6) is -6.01. The number of carboxylic acid groups (broad SMARTS) is 4. The minimum atomic E-state index is -1.17. The Balaban J connectivity index is -0.000000370. The lowest BCUT2D eigenvalue weighted by atomic mass is 9.90. The lowest BCUT2D eigenvalue weighted by molar-refractivity contribution is -0.315. The molecular formula is C47H82O15S-4. The lowest BCUT2D eigenvalue weighted by Crippen LogP contribution is -2.38. The zero-order chi connectivity index (χ0) is 50.2. The molecule has 63 heavy (non-hydrogen) atoms. The number of aliphatic carboxylic acids is 4. The van der Waals surface area contributed by atoms with E-state index in [1.165, 1.54) is 11.8 Å². The van der Waals surface area contributed by atoms with Crippen LogP contribution in [0.4, 0.5) is 0 Å². The summed E-state index contributed by atoms with van der Waals surface area (Å²) in [7, 11) is 0. The van der Waals surface area contributed by atoms with E-state index in [-0.39, 0.29) is 91.0 Å². The number of hydrogen-bond donors (Lipinski definition) is 0. The lowest BCUT2D eigenvalue weighted by Gasteiger charge is -2.21. The van der Waals surface area contributed by atoms with Crippen molar-refractivity contribution in [2.45, 2.75) is 174 Å². The van der Waals surface area contributed by atoms with Gasteiger partial charge in [0.2, 0.25) is 0 Å². The van der Waals surface area contributed by atoms with Crippen molar-refractivity contribution >= 4 is 59.3 Å². The van der Waals surface area contributed by atoms with E-state index < -0.39 is 41.6 Å². The number of Topliss-reactive ketones (excluding diaryl/α,β-unsaturated/α-hetero) is 1. The minimum absolute atomic E-state index is 0.0261. The van der Waals surface area contributed by atoms with Crippen molar-refractivity contribution in [3.8, 4) is 0 Å². The maximum absolute atomic E-state index is 11.4. The van der Waals surface area contributed by atoms with Gasteiger partial charge in [-0.1, -0.05) is 95.9 Å². The monoisotopic (exact) mass is 919 g/mol. The van der Waals surface area contributed by atoms with Crippen LogP contribution in [0, 0.1) is 59.2 Å². The van der Waals surface area contributed by atoms with E-state index in [1.807, 2.05) is 41.5 Å². The van der Waals surface area contributed by atoms with Gasteiger partial charge in [0.25, 0.3) is 0 Å². The quantitative estimate of drug-likeness (QED) is 0.0605. The molecule has 0 aliphatic heterocycles.